The molecule has 0 unspecified atom stereocenters. The standard InChI is InChI=1S/C17H16IN3O3S/c1-2-23-14-9-11(10-20-21-17(19)25)8-13(18)15(14)24-16(22)12-6-4-3-5-7-12/h3-10H,2H2,1H3,(H3,19,21,25). The van der Waals surface area contributed by atoms with Gasteiger partial charge in [0.1, 0.15) is 0 Å². The Labute approximate surface area is 164 Å². The molecule has 0 aromatic heterocycles. The van der Waals surface area contributed by atoms with E-state index in [-0.39, 0.29) is 5.11 Å². The SMILES string of the molecule is CCOc1cc(C=NNC(N)=S)cc(I)c1OC(=O)c1ccccc1. The van der Waals surface area contributed by atoms with Crippen molar-refractivity contribution < 1.29 is 14.3 Å². The van der Waals surface area contributed by atoms with E-state index in [1.54, 1.807) is 42.6 Å². The van der Waals surface area contributed by atoms with Gasteiger partial charge < -0.3 is 15.2 Å². The first kappa shape index (κ1) is 19.1. The van der Waals surface area contributed by atoms with Crippen LogP contribution in [0.4, 0.5) is 0 Å². The maximum Gasteiger partial charge on any atom is 0.343 e. The number of ether oxygens (including phenoxy) is 2. The highest BCUT2D eigenvalue weighted by molar-refractivity contribution is 14.1. The largest absolute Gasteiger partial charge is 0.490 e. The lowest BCUT2D eigenvalue weighted by Gasteiger charge is -2.13. The molecule has 8 heteroatoms. The lowest BCUT2D eigenvalue weighted by atomic mass is 10.2. The second-order valence-electron chi connectivity index (χ2n) is 4.75. The first-order valence-corrected chi connectivity index (χ1v) is 8.82. The first-order chi connectivity index (χ1) is 12.0. The van der Waals surface area contributed by atoms with Crippen molar-refractivity contribution in [1.29, 1.82) is 0 Å². The van der Waals surface area contributed by atoms with Gasteiger partial charge in [0.15, 0.2) is 16.6 Å². The fraction of sp³-hybridized carbons (Fsp3) is 0.118. The predicted molar refractivity (Wildman–Crippen MR) is 109 cm³/mol. The van der Waals surface area contributed by atoms with E-state index >= 15 is 0 Å². The van der Waals surface area contributed by atoms with Crippen LogP contribution in [-0.4, -0.2) is 23.9 Å². The molecule has 0 aliphatic heterocycles. The molecule has 0 saturated heterocycles. The molecule has 130 valence electrons. The number of rotatable bonds is 6. The van der Waals surface area contributed by atoms with E-state index < -0.39 is 5.97 Å². The highest BCUT2D eigenvalue weighted by Gasteiger charge is 2.16. The number of thiocarbonyl (C=S) groups is 1. The number of esters is 1. The lowest BCUT2D eigenvalue weighted by Crippen LogP contribution is -2.24. The minimum atomic E-state index is -0.448. The van der Waals surface area contributed by atoms with Gasteiger partial charge >= 0.3 is 5.97 Å². The third-order valence-electron chi connectivity index (χ3n) is 2.92. The molecule has 0 radical (unpaired) electrons. The number of halogens is 1. The highest BCUT2D eigenvalue weighted by atomic mass is 127. The smallest absolute Gasteiger partial charge is 0.343 e. The maximum absolute atomic E-state index is 12.3. The van der Waals surface area contributed by atoms with Crippen LogP contribution in [0.3, 0.4) is 0 Å². The molecular weight excluding hydrogens is 453 g/mol. The van der Waals surface area contributed by atoms with E-state index in [4.69, 9.17) is 15.2 Å². The van der Waals surface area contributed by atoms with Gasteiger partial charge in [-0.05, 0) is 71.6 Å². The first-order valence-electron chi connectivity index (χ1n) is 7.33. The van der Waals surface area contributed by atoms with E-state index in [2.05, 4.69) is 45.3 Å². The average molecular weight is 469 g/mol. The molecule has 2 aromatic carbocycles. The molecule has 0 spiro atoms. The van der Waals surface area contributed by atoms with Gasteiger partial charge in [-0.15, -0.1) is 0 Å². The van der Waals surface area contributed by atoms with Crippen LogP contribution in [0.5, 0.6) is 11.5 Å². The molecule has 0 aliphatic carbocycles. The summed E-state index contributed by atoms with van der Waals surface area (Å²) >= 11 is 6.77. The van der Waals surface area contributed by atoms with Crippen LogP contribution >= 0.6 is 34.8 Å². The van der Waals surface area contributed by atoms with Gasteiger partial charge in [0.2, 0.25) is 0 Å². The van der Waals surface area contributed by atoms with Crippen LogP contribution in [0, 0.1) is 3.57 Å². The van der Waals surface area contributed by atoms with Crippen molar-refractivity contribution in [3.05, 3.63) is 57.2 Å². The van der Waals surface area contributed by atoms with Crippen molar-refractivity contribution in [2.24, 2.45) is 10.8 Å². The van der Waals surface area contributed by atoms with Crippen LogP contribution in [0.15, 0.2) is 47.6 Å². The summed E-state index contributed by atoms with van der Waals surface area (Å²) in [5, 5.41) is 3.99. The predicted octanol–water partition coefficient (Wildman–Crippen LogP) is 3.08. The van der Waals surface area contributed by atoms with Gasteiger partial charge in [-0.2, -0.15) is 5.10 Å². The lowest BCUT2D eigenvalue weighted by molar-refractivity contribution is 0.0727. The number of nitrogens with one attached hydrogen (secondary N) is 1. The van der Waals surface area contributed by atoms with E-state index in [1.807, 2.05) is 13.0 Å². The van der Waals surface area contributed by atoms with Crippen molar-refractivity contribution in [3.8, 4) is 11.5 Å². The number of nitrogens with zero attached hydrogens (tertiary/aromatic N) is 1. The molecule has 0 amide bonds. The minimum absolute atomic E-state index is 0.0735. The number of carbonyl (C=O) groups excluding carboxylic acids is 1. The maximum atomic E-state index is 12.3. The van der Waals surface area contributed by atoms with Gasteiger partial charge in [-0.25, -0.2) is 4.79 Å². The quantitative estimate of drug-likeness (QED) is 0.169. The molecule has 0 heterocycles. The van der Waals surface area contributed by atoms with Crippen LogP contribution < -0.4 is 20.6 Å². The van der Waals surface area contributed by atoms with E-state index in [0.717, 1.165) is 5.56 Å². The van der Waals surface area contributed by atoms with Gasteiger partial charge in [-0.1, -0.05) is 18.2 Å². The number of hydrogen-bond acceptors (Lipinski definition) is 5. The molecule has 0 fully saturated rings. The zero-order valence-corrected chi connectivity index (χ0v) is 16.3. The molecular formula is C17H16IN3O3S. The molecule has 0 atom stereocenters. The van der Waals surface area contributed by atoms with Crippen molar-refractivity contribution in [3.63, 3.8) is 0 Å². The Morgan fingerprint density at radius 1 is 1.36 bits per heavy atom. The molecule has 2 rings (SSSR count). The van der Waals surface area contributed by atoms with Crippen molar-refractivity contribution in [2.45, 2.75) is 6.92 Å². The number of hydrazone groups is 1. The Bertz CT molecular complexity index is 797. The fourth-order valence-corrected chi connectivity index (χ4v) is 2.71. The Morgan fingerprint density at radius 3 is 2.72 bits per heavy atom. The van der Waals surface area contributed by atoms with Crippen LogP contribution in [-0.2, 0) is 0 Å². The summed E-state index contributed by atoms with van der Waals surface area (Å²) in [6.45, 7) is 2.28. The Kier molecular flexibility index (Phi) is 7.14. The Hall–Kier alpha value is -2.20. The molecule has 6 nitrogen and oxygen atoms in total. The minimum Gasteiger partial charge on any atom is -0.490 e. The summed E-state index contributed by atoms with van der Waals surface area (Å²) in [6, 6.07) is 12.3. The number of benzene rings is 2. The van der Waals surface area contributed by atoms with Gasteiger partial charge in [0.05, 0.1) is 22.0 Å². The van der Waals surface area contributed by atoms with Gasteiger partial charge in [-0.3, -0.25) is 5.43 Å². The second kappa shape index (κ2) is 9.33. The summed E-state index contributed by atoms with van der Waals surface area (Å²) in [5.74, 6) is 0.377. The van der Waals surface area contributed by atoms with E-state index in [1.165, 1.54) is 0 Å². The zero-order chi connectivity index (χ0) is 18.2. The summed E-state index contributed by atoms with van der Waals surface area (Å²) in [6.07, 6.45) is 1.55. The fourth-order valence-electron chi connectivity index (χ4n) is 1.92. The number of nitrogens with two attached hydrogens (primary N) is 1. The molecule has 0 aliphatic rings. The summed E-state index contributed by atoms with van der Waals surface area (Å²) in [5.41, 5.74) is 9.02. The third kappa shape index (κ3) is 5.68. The highest BCUT2D eigenvalue weighted by Crippen LogP contribution is 2.34. The van der Waals surface area contributed by atoms with Crippen molar-refractivity contribution in [2.75, 3.05) is 6.61 Å². The van der Waals surface area contributed by atoms with Gasteiger partial charge in [0.25, 0.3) is 0 Å². The van der Waals surface area contributed by atoms with Crippen LogP contribution in [0.2, 0.25) is 0 Å². The van der Waals surface area contributed by atoms with Crippen molar-refractivity contribution in [1.82, 2.24) is 5.43 Å². The Morgan fingerprint density at radius 2 is 2.08 bits per heavy atom. The second-order valence-corrected chi connectivity index (χ2v) is 6.35. The van der Waals surface area contributed by atoms with Crippen LogP contribution in [0.25, 0.3) is 0 Å². The van der Waals surface area contributed by atoms with E-state index in [0.29, 0.717) is 27.2 Å². The van der Waals surface area contributed by atoms with Crippen LogP contribution in [0.1, 0.15) is 22.8 Å². The molecule has 25 heavy (non-hydrogen) atoms. The normalized spacial score (nSPS) is 10.5. The Balaban J connectivity index is 2.29. The number of carbonyl (C=O) groups is 1. The topological polar surface area (TPSA) is 85.9 Å². The molecule has 3 N–H and O–H groups in total. The monoisotopic (exact) mass is 469 g/mol. The molecule has 0 saturated carbocycles. The third-order valence-corrected chi connectivity index (χ3v) is 3.82. The van der Waals surface area contributed by atoms with E-state index in [9.17, 15) is 4.79 Å². The van der Waals surface area contributed by atoms with Crippen molar-refractivity contribution >= 4 is 52.1 Å². The van der Waals surface area contributed by atoms with Gasteiger partial charge in [0, 0.05) is 0 Å². The summed E-state index contributed by atoms with van der Waals surface area (Å²) < 4.78 is 11.9. The average Bonchev–Trinajstić information content (AvgIpc) is 2.58. The number of hydrogen-bond donors (Lipinski definition) is 2. The summed E-state index contributed by atoms with van der Waals surface area (Å²) in [4.78, 5) is 12.3. The molecule has 2 aromatic rings. The summed E-state index contributed by atoms with van der Waals surface area (Å²) in [7, 11) is 0. The molecule has 0 bridgehead atoms. The zero-order valence-electron chi connectivity index (χ0n) is 13.4.